The third kappa shape index (κ3) is 3.46. The number of ether oxygens (including phenoxy) is 1. The molecule has 16 heavy (non-hydrogen) atoms. The van der Waals surface area contributed by atoms with Crippen molar-refractivity contribution in [3.63, 3.8) is 0 Å². The first-order valence-corrected chi connectivity index (χ1v) is 6.50. The van der Waals surface area contributed by atoms with Crippen LogP contribution in [0.2, 0.25) is 0 Å². The minimum absolute atomic E-state index is 0.0422. The van der Waals surface area contributed by atoms with Crippen LogP contribution < -0.4 is 5.73 Å². The molecule has 0 saturated heterocycles. The number of hydrogen-bond acceptors (Lipinski definition) is 4. The number of benzene rings is 1. The Labute approximate surface area is 94.1 Å². The highest BCUT2D eigenvalue weighted by atomic mass is 32.2. The predicted molar refractivity (Wildman–Crippen MR) is 60.2 cm³/mol. The molecule has 0 aliphatic carbocycles. The summed E-state index contributed by atoms with van der Waals surface area (Å²) in [5.74, 6) is -1.14. The van der Waals surface area contributed by atoms with E-state index in [1.807, 2.05) is 0 Å². The monoisotopic (exact) mass is 247 g/mol. The number of hydrogen-bond donors (Lipinski definition) is 1. The van der Waals surface area contributed by atoms with E-state index in [1.54, 1.807) is 0 Å². The SMILES string of the molecule is COCCS(=O)(=O)Cc1cccc(N)c1F. The minimum atomic E-state index is -3.36. The van der Waals surface area contributed by atoms with Gasteiger partial charge in [0.15, 0.2) is 9.84 Å². The number of nitrogen functional groups attached to an aromatic ring is 1. The fraction of sp³-hybridized carbons (Fsp3) is 0.400. The van der Waals surface area contributed by atoms with Gasteiger partial charge in [-0.3, -0.25) is 0 Å². The van der Waals surface area contributed by atoms with Crippen molar-refractivity contribution in [1.82, 2.24) is 0 Å². The van der Waals surface area contributed by atoms with Crippen molar-refractivity contribution < 1.29 is 17.5 Å². The third-order valence-corrected chi connectivity index (χ3v) is 3.62. The average Bonchev–Trinajstić information content (AvgIpc) is 2.22. The highest BCUT2D eigenvalue weighted by Crippen LogP contribution is 2.17. The van der Waals surface area contributed by atoms with E-state index in [0.29, 0.717) is 0 Å². The molecule has 4 nitrogen and oxygen atoms in total. The molecule has 1 aromatic rings. The Kier molecular flexibility index (Phi) is 4.26. The maximum Gasteiger partial charge on any atom is 0.156 e. The number of anilines is 1. The first kappa shape index (κ1) is 12.9. The van der Waals surface area contributed by atoms with Crippen LogP contribution >= 0.6 is 0 Å². The number of sulfone groups is 1. The first-order chi connectivity index (χ1) is 7.46. The van der Waals surface area contributed by atoms with Crippen molar-refractivity contribution in [2.24, 2.45) is 0 Å². The van der Waals surface area contributed by atoms with Crippen LogP contribution in [0.3, 0.4) is 0 Å². The van der Waals surface area contributed by atoms with E-state index < -0.39 is 15.7 Å². The molecule has 0 aliphatic heterocycles. The zero-order valence-corrected chi connectivity index (χ0v) is 9.76. The lowest BCUT2D eigenvalue weighted by molar-refractivity contribution is 0.217. The Bertz CT molecular complexity index is 459. The summed E-state index contributed by atoms with van der Waals surface area (Å²) < 4.78 is 41.2. The Morgan fingerprint density at radius 3 is 2.75 bits per heavy atom. The van der Waals surface area contributed by atoms with Gasteiger partial charge < -0.3 is 10.5 Å². The standard InChI is InChI=1S/C10H14FNO3S/c1-15-5-6-16(13,14)7-8-3-2-4-9(12)10(8)11/h2-4H,5-7,12H2,1H3. The summed E-state index contributed by atoms with van der Waals surface area (Å²) in [5, 5.41) is 0. The lowest BCUT2D eigenvalue weighted by atomic mass is 10.2. The molecule has 1 rings (SSSR count). The second-order valence-electron chi connectivity index (χ2n) is 3.41. The Morgan fingerprint density at radius 2 is 2.12 bits per heavy atom. The van der Waals surface area contributed by atoms with Crippen molar-refractivity contribution in [2.45, 2.75) is 5.75 Å². The molecule has 0 spiro atoms. The van der Waals surface area contributed by atoms with Gasteiger partial charge in [-0.1, -0.05) is 12.1 Å². The molecule has 6 heteroatoms. The summed E-state index contributed by atoms with van der Waals surface area (Å²) in [6.07, 6.45) is 0. The topological polar surface area (TPSA) is 69.4 Å². The van der Waals surface area contributed by atoms with Gasteiger partial charge in [-0.2, -0.15) is 0 Å². The fourth-order valence-corrected chi connectivity index (χ4v) is 2.49. The van der Waals surface area contributed by atoms with Crippen LogP contribution in [0, 0.1) is 5.82 Å². The summed E-state index contributed by atoms with van der Waals surface area (Å²) in [7, 11) is -1.94. The Balaban J connectivity index is 2.84. The van der Waals surface area contributed by atoms with E-state index in [-0.39, 0.29) is 29.4 Å². The molecule has 0 radical (unpaired) electrons. The molecular formula is C10H14FNO3S. The summed E-state index contributed by atoms with van der Waals surface area (Å²) in [5.41, 5.74) is 5.40. The zero-order valence-electron chi connectivity index (χ0n) is 8.94. The molecule has 0 aliphatic rings. The highest BCUT2D eigenvalue weighted by Gasteiger charge is 2.15. The Morgan fingerprint density at radius 1 is 1.44 bits per heavy atom. The third-order valence-electron chi connectivity index (χ3n) is 2.08. The second kappa shape index (κ2) is 5.27. The van der Waals surface area contributed by atoms with Crippen LogP contribution in [-0.2, 0) is 20.3 Å². The fourth-order valence-electron chi connectivity index (χ4n) is 1.23. The quantitative estimate of drug-likeness (QED) is 0.787. The van der Waals surface area contributed by atoms with Crippen molar-refractivity contribution in [3.05, 3.63) is 29.6 Å². The van der Waals surface area contributed by atoms with Gasteiger partial charge in [0.1, 0.15) is 5.82 Å². The molecule has 0 amide bonds. The summed E-state index contributed by atoms with van der Waals surface area (Å²) in [6.45, 7) is 0.103. The van der Waals surface area contributed by atoms with Crippen LogP contribution in [0.4, 0.5) is 10.1 Å². The van der Waals surface area contributed by atoms with Crippen LogP contribution in [0.15, 0.2) is 18.2 Å². The van der Waals surface area contributed by atoms with Gasteiger partial charge in [0.2, 0.25) is 0 Å². The van der Waals surface area contributed by atoms with Crippen LogP contribution in [0.1, 0.15) is 5.56 Å². The van der Waals surface area contributed by atoms with E-state index in [1.165, 1.54) is 25.3 Å². The number of methoxy groups -OCH3 is 1. The van der Waals surface area contributed by atoms with Crippen molar-refractivity contribution >= 4 is 15.5 Å². The van der Waals surface area contributed by atoms with Gasteiger partial charge in [-0.05, 0) is 6.07 Å². The molecule has 0 heterocycles. The van der Waals surface area contributed by atoms with E-state index >= 15 is 0 Å². The largest absolute Gasteiger partial charge is 0.396 e. The molecular weight excluding hydrogens is 233 g/mol. The molecule has 1 aromatic carbocycles. The lowest BCUT2D eigenvalue weighted by Crippen LogP contribution is -2.14. The second-order valence-corrected chi connectivity index (χ2v) is 5.59. The molecule has 90 valence electrons. The average molecular weight is 247 g/mol. The highest BCUT2D eigenvalue weighted by molar-refractivity contribution is 7.90. The Hall–Kier alpha value is -1.14. The molecule has 0 aromatic heterocycles. The van der Waals surface area contributed by atoms with E-state index in [2.05, 4.69) is 4.74 Å². The lowest BCUT2D eigenvalue weighted by Gasteiger charge is -2.06. The van der Waals surface area contributed by atoms with E-state index in [4.69, 9.17) is 5.73 Å². The first-order valence-electron chi connectivity index (χ1n) is 4.68. The maximum atomic E-state index is 13.4. The molecule has 0 bridgehead atoms. The van der Waals surface area contributed by atoms with Gasteiger partial charge in [0.25, 0.3) is 0 Å². The molecule has 0 saturated carbocycles. The number of rotatable bonds is 5. The zero-order chi connectivity index (χ0) is 12.2. The van der Waals surface area contributed by atoms with E-state index in [0.717, 1.165) is 0 Å². The van der Waals surface area contributed by atoms with Crippen molar-refractivity contribution in [3.8, 4) is 0 Å². The van der Waals surface area contributed by atoms with Crippen LogP contribution in [0.5, 0.6) is 0 Å². The number of halogens is 1. The summed E-state index contributed by atoms with van der Waals surface area (Å²) >= 11 is 0. The van der Waals surface area contributed by atoms with Gasteiger partial charge in [-0.15, -0.1) is 0 Å². The van der Waals surface area contributed by atoms with Crippen LogP contribution in [-0.4, -0.2) is 27.9 Å². The van der Waals surface area contributed by atoms with Gasteiger partial charge >= 0.3 is 0 Å². The maximum absolute atomic E-state index is 13.4. The molecule has 0 atom stereocenters. The van der Waals surface area contributed by atoms with Gasteiger partial charge in [0.05, 0.1) is 23.8 Å². The van der Waals surface area contributed by atoms with E-state index in [9.17, 15) is 12.8 Å². The summed E-state index contributed by atoms with van der Waals surface area (Å²) in [6, 6.07) is 4.33. The van der Waals surface area contributed by atoms with Gasteiger partial charge in [-0.25, -0.2) is 12.8 Å². The van der Waals surface area contributed by atoms with Gasteiger partial charge in [0, 0.05) is 12.7 Å². The number of nitrogens with two attached hydrogens (primary N) is 1. The molecule has 0 unspecified atom stereocenters. The smallest absolute Gasteiger partial charge is 0.156 e. The van der Waals surface area contributed by atoms with Crippen molar-refractivity contribution in [2.75, 3.05) is 25.2 Å². The summed E-state index contributed by atoms with van der Waals surface area (Å²) in [4.78, 5) is 0. The normalized spacial score (nSPS) is 11.6. The molecule has 2 N–H and O–H groups in total. The van der Waals surface area contributed by atoms with Crippen LogP contribution in [0.25, 0.3) is 0 Å². The predicted octanol–water partition coefficient (Wildman–Crippen LogP) is 0.969. The van der Waals surface area contributed by atoms with Crippen molar-refractivity contribution in [1.29, 1.82) is 0 Å². The minimum Gasteiger partial charge on any atom is -0.396 e. The molecule has 0 fully saturated rings.